The van der Waals surface area contributed by atoms with E-state index in [0.29, 0.717) is 10.8 Å². The Morgan fingerprint density at radius 3 is 1.19 bits per heavy atom. The molecule has 4 aromatic rings. The molecule has 0 atom stereocenters. The van der Waals surface area contributed by atoms with E-state index in [0.717, 1.165) is 6.42 Å². The van der Waals surface area contributed by atoms with Crippen molar-refractivity contribution in [2.45, 2.75) is 254 Å². The van der Waals surface area contributed by atoms with Gasteiger partial charge in [-0.25, -0.2) is 0 Å². The molecule has 0 unspecified atom stereocenters. The van der Waals surface area contributed by atoms with Gasteiger partial charge in [0.15, 0.2) is 0 Å². The van der Waals surface area contributed by atoms with Gasteiger partial charge in [0.05, 0.1) is 0 Å². The first kappa shape index (κ1) is 63.7. The summed E-state index contributed by atoms with van der Waals surface area (Å²) < 4.78 is 0. The molecule has 0 N–H and O–H groups in total. The van der Waals surface area contributed by atoms with Crippen molar-refractivity contribution in [2.24, 2.45) is 10.8 Å². The quantitative estimate of drug-likeness (QED) is 0.153. The van der Waals surface area contributed by atoms with E-state index in [-0.39, 0.29) is 5.41 Å². The average Bonchev–Trinajstić information content (AvgIpc) is 4.49. The monoisotopic (exact) mass is 1070 g/mol. The highest BCUT2D eigenvalue weighted by atomic mass is 15.2. The highest BCUT2D eigenvalue weighted by molar-refractivity contribution is 5.88. The van der Waals surface area contributed by atoms with Gasteiger partial charge in [0.25, 0.3) is 0 Å². The maximum Gasteiger partial charge on any atom is 0.0434 e. The highest BCUT2D eigenvalue weighted by Gasteiger charge is 2.37. The van der Waals surface area contributed by atoms with Gasteiger partial charge in [0.2, 0.25) is 0 Å². The van der Waals surface area contributed by atoms with Gasteiger partial charge in [-0.2, -0.15) is 0 Å². The van der Waals surface area contributed by atoms with Crippen LogP contribution in [-0.2, 0) is 63.2 Å². The van der Waals surface area contributed by atoms with Crippen LogP contribution in [-0.4, -0.2) is 39.3 Å². The minimum atomic E-state index is 0.230. The molecule has 79 heavy (non-hydrogen) atoms. The smallest absolute Gasteiger partial charge is 0.0434 e. The molecule has 0 aromatic heterocycles. The van der Waals surface area contributed by atoms with Gasteiger partial charge in [-0.15, -0.1) is 0 Å². The number of nitrogens with zero attached hydrogens (tertiary/aromatic N) is 3. The number of hydrogen-bond acceptors (Lipinski definition) is 3. The lowest BCUT2D eigenvalue weighted by Gasteiger charge is -2.38. The Kier molecular flexibility index (Phi) is 22.2. The second-order valence-electron chi connectivity index (χ2n) is 25.5. The molecule has 0 bridgehead atoms. The molecule has 6 aliphatic heterocycles. The molecular formula is C76H115N3. The predicted octanol–water partition coefficient (Wildman–Crippen LogP) is 20.9. The van der Waals surface area contributed by atoms with Crippen LogP contribution in [0.25, 0.3) is 22.8 Å². The fourth-order valence-corrected chi connectivity index (χ4v) is 14.4. The van der Waals surface area contributed by atoms with E-state index in [1.165, 1.54) is 152 Å². The molecule has 0 fully saturated rings. The van der Waals surface area contributed by atoms with Crippen molar-refractivity contribution in [3.63, 3.8) is 0 Å². The molecule has 14 rings (SSSR count). The van der Waals surface area contributed by atoms with Gasteiger partial charge < -0.3 is 14.7 Å². The van der Waals surface area contributed by atoms with Crippen molar-refractivity contribution in [1.29, 1.82) is 0 Å². The third-order valence-electron chi connectivity index (χ3n) is 18.0. The van der Waals surface area contributed by atoms with Crippen LogP contribution in [0, 0.1) is 10.8 Å². The number of anilines is 3. The predicted molar refractivity (Wildman–Crippen MR) is 355 cm³/mol. The van der Waals surface area contributed by atoms with Gasteiger partial charge in [-0.05, 0) is 232 Å². The van der Waals surface area contributed by atoms with E-state index in [9.17, 15) is 0 Å². The van der Waals surface area contributed by atoms with Crippen molar-refractivity contribution in [3.05, 3.63) is 132 Å². The average molecular weight is 1070 g/mol. The summed E-state index contributed by atoms with van der Waals surface area (Å²) >= 11 is 0. The van der Waals surface area contributed by atoms with Crippen molar-refractivity contribution >= 4 is 28.7 Å². The molecule has 6 heterocycles. The molecule has 0 amide bonds. The molecule has 0 spiro atoms. The molecule has 3 heteroatoms. The van der Waals surface area contributed by atoms with Gasteiger partial charge >= 0.3 is 0 Å². The maximum absolute atomic E-state index is 2.68. The van der Waals surface area contributed by atoms with Crippen molar-refractivity contribution in [2.75, 3.05) is 54.0 Å². The first-order valence-electron chi connectivity index (χ1n) is 33.1. The standard InChI is InChI=1S/C23H27N.C22H27N.C19H25N.6C2H6/c1-23(2,3)17-8-9-18-16(12-17)14-21-19-7-5-11-24-10-4-6-15(22(19)24)13-20(18)21;1-22(2,3)16-10-15-12-19-17-7-5-9-23-8-4-6-14(21(17)23)11-20(19)18(15)13-16;1-19(2,3)15-11-14-10-13-6-4-8-20-9-5-7-16(18(13)20)17(14)12-15;6*1-2/h8-9,12-13H,4-7,10-11,14H2,1-3H3;10-11H,4-9,12-13H2,1-3H3;10-11H,4-9,12H2,1-3H3;6*1-2H3. The normalized spacial score (nSPS) is 17.6. The minimum absolute atomic E-state index is 0.230. The summed E-state index contributed by atoms with van der Waals surface area (Å²) in [6, 6.07) is 14.8. The zero-order valence-corrected chi connectivity index (χ0v) is 55.0. The summed E-state index contributed by atoms with van der Waals surface area (Å²) in [6.45, 7) is 52.7. The van der Waals surface area contributed by atoms with Crippen molar-refractivity contribution in [1.82, 2.24) is 0 Å². The second-order valence-corrected chi connectivity index (χ2v) is 25.5. The molecule has 0 saturated carbocycles. The molecule has 0 saturated heterocycles. The Balaban J connectivity index is 0.000000175. The summed E-state index contributed by atoms with van der Waals surface area (Å²) in [7, 11) is 0. The Bertz CT molecular complexity index is 2810. The van der Waals surface area contributed by atoms with Crippen molar-refractivity contribution in [3.8, 4) is 11.1 Å². The third-order valence-corrected chi connectivity index (χ3v) is 18.0. The van der Waals surface area contributed by atoms with Crippen molar-refractivity contribution < 1.29 is 0 Å². The summed E-state index contributed by atoms with van der Waals surface area (Å²) in [5.74, 6) is 0. The fraction of sp³-hybridized carbons (Fsp3) is 0.605. The second kappa shape index (κ2) is 27.5. The lowest BCUT2D eigenvalue weighted by Crippen LogP contribution is -2.35. The van der Waals surface area contributed by atoms with Crippen LogP contribution in [0.15, 0.2) is 59.2 Å². The molecule has 0 radical (unpaired) electrons. The SMILES string of the molecule is CC.CC.CC.CC.CC.CC.CC(C)(C)C1=CC2=C(C1)c1cc3c4c(c1C2)CCCN4CCC3.CC(C)(C)C1=Cc2cc3c4c(c2C1)CCCN4CCC3.CC(C)(C)c1ccc2c(c1)Cc1c-2cc2c3c1CCCN3CCC2. The Morgan fingerprint density at radius 1 is 0.329 bits per heavy atom. The summed E-state index contributed by atoms with van der Waals surface area (Å²) in [5, 5.41) is 0. The molecule has 3 nitrogen and oxygen atoms in total. The number of rotatable bonds is 0. The zero-order chi connectivity index (χ0) is 58.1. The van der Waals surface area contributed by atoms with E-state index >= 15 is 0 Å². The Morgan fingerprint density at radius 2 is 0.734 bits per heavy atom. The van der Waals surface area contributed by atoms with Gasteiger partial charge in [-0.3, -0.25) is 0 Å². The summed E-state index contributed by atoms with van der Waals surface area (Å²) in [4.78, 5) is 8.01. The van der Waals surface area contributed by atoms with Crippen LogP contribution in [0.4, 0.5) is 17.1 Å². The van der Waals surface area contributed by atoms with Crippen LogP contribution in [0.2, 0.25) is 0 Å². The first-order chi connectivity index (χ1) is 38.1. The van der Waals surface area contributed by atoms with Gasteiger partial charge in [-0.1, -0.05) is 187 Å². The van der Waals surface area contributed by atoms with Crippen LogP contribution >= 0.6 is 0 Å². The lowest BCUT2D eigenvalue weighted by molar-refractivity contribution is 0.497. The van der Waals surface area contributed by atoms with E-state index < -0.39 is 0 Å². The molecular weight excluding hydrogens is 955 g/mol. The zero-order valence-electron chi connectivity index (χ0n) is 55.0. The molecule has 4 aromatic carbocycles. The van der Waals surface area contributed by atoms with Gasteiger partial charge in [0, 0.05) is 56.3 Å². The molecule has 10 aliphatic rings. The highest BCUT2D eigenvalue weighted by Crippen LogP contribution is 2.52. The lowest BCUT2D eigenvalue weighted by atomic mass is 9.81. The van der Waals surface area contributed by atoms with Gasteiger partial charge in [0.1, 0.15) is 0 Å². The van der Waals surface area contributed by atoms with E-state index in [2.05, 4.69) is 126 Å². The largest absolute Gasteiger partial charge is 0.371 e. The van der Waals surface area contributed by atoms with Crippen LogP contribution in [0.1, 0.15) is 263 Å². The fourth-order valence-electron chi connectivity index (χ4n) is 14.4. The van der Waals surface area contributed by atoms with E-state index in [4.69, 9.17) is 0 Å². The van der Waals surface area contributed by atoms with Crippen LogP contribution in [0.3, 0.4) is 0 Å². The topological polar surface area (TPSA) is 9.72 Å². The first-order valence-corrected chi connectivity index (χ1v) is 33.1. The number of allylic oxidation sites excluding steroid dienone is 5. The van der Waals surface area contributed by atoms with E-state index in [1.807, 2.05) is 83.1 Å². The number of benzene rings is 4. The summed E-state index contributed by atoms with van der Waals surface area (Å²) in [6.07, 6.45) is 25.5. The van der Waals surface area contributed by atoms with Crippen LogP contribution < -0.4 is 14.7 Å². The van der Waals surface area contributed by atoms with Crippen LogP contribution in [0.5, 0.6) is 0 Å². The Labute approximate surface area is 487 Å². The minimum Gasteiger partial charge on any atom is -0.371 e. The number of hydrogen-bond donors (Lipinski definition) is 0. The molecule has 4 aliphatic carbocycles. The number of fused-ring (bicyclic) bond motifs is 9. The Hall–Kier alpha value is -4.50. The maximum atomic E-state index is 2.68. The summed E-state index contributed by atoms with van der Waals surface area (Å²) in [5.41, 5.74) is 36.4. The number of aryl methyl sites for hydroxylation is 3. The third kappa shape index (κ3) is 12.9. The van der Waals surface area contributed by atoms with E-state index in [1.54, 1.807) is 106 Å². The molecule has 434 valence electrons.